The van der Waals surface area contributed by atoms with Crippen molar-refractivity contribution in [3.05, 3.63) is 72.1 Å². The number of benzene rings is 2. The van der Waals surface area contributed by atoms with E-state index in [1.165, 1.54) is 5.56 Å². The third-order valence-electron chi connectivity index (χ3n) is 4.80. The SMILES string of the molecule is COc1ccc(Nc2ccnc(C(=O)N3CCc4ccccc43)c2)c(OC)c1. The smallest absolute Gasteiger partial charge is 0.276 e. The fourth-order valence-electron chi connectivity index (χ4n) is 3.37. The number of amides is 1. The molecule has 2 heterocycles. The highest BCUT2D eigenvalue weighted by Crippen LogP contribution is 2.32. The van der Waals surface area contributed by atoms with Crippen LogP contribution in [0.15, 0.2) is 60.8 Å². The summed E-state index contributed by atoms with van der Waals surface area (Å²) in [6.45, 7) is 0.670. The van der Waals surface area contributed by atoms with Gasteiger partial charge in [0.15, 0.2) is 0 Å². The molecule has 0 radical (unpaired) electrons. The van der Waals surface area contributed by atoms with Gasteiger partial charge in [-0.25, -0.2) is 0 Å². The number of hydrogen-bond acceptors (Lipinski definition) is 5. The number of rotatable bonds is 5. The fraction of sp³-hybridized carbons (Fsp3) is 0.182. The molecular weight excluding hydrogens is 354 g/mol. The molecule has 0 aliphatic carbocycles. The fourth-order valence-corrected chi connectivity index (χ4v) is 3.37. The monoisotopic (exact) mass is 375 g/mol. The van der Waals surface area contributed by atoms with E-state index in [4.69, 9.17) is 9.47 Å². The van der Waals surface area contributed by atoms with E-state index in [1.807, 2.05) is 36.4 Å². The zero-order valence-corrected chi connectivity index (χ0v) is 15.8. The summed E-state index contributed by atoms with van der Waals surface area (Å²) in [6, 6.07) is 17.1. The average Bonchev–Trinajstić information content (AvgIpc) is 3.18. The quantitative estimate of drug-likeness (QED) is 0.729. The molecule has 2 aromatic carbocycles. The van der Waals surface area contributed by atoms with Crippen LogP contribution in [0, 0.1) is 0 Å². The maximum Gasteiger partial charge on any atom is 0.276 e. The maximum absolute atomic E-state index is 13.0. The molecule has 1 amide bonds. The van der Waals surface area contributed by atoms with Crippen LogP contribution < -0.4 is 19.7 Å². The molecule has 0 spiro atoms. The molecule has 1 aliphatic rings. The lowest BCUT2D eigenvalue weighted by atomic mass is 10.2. The van der Waals surface area contributed by atoms with Gasteiger partial charge in [0.1, 0.15) is 17.2 Å². The minimum Gasteiger partial charge on any atom is -0.497 e. The van der Waals surface area contributed by atoms with Crippen LogP contribution in [0.5, 0.6) is 11.5 Å². The summed E-state index contributed by atoms with van der Waals surface area (Å²) in [7, 11) is 3.21. The number of hydrogen-bond donors (Lipinski definition) is 1. The Morgan fingerprint density at radius 3 is 2.75 bits per heavy atom. The molecule has 0 unspecified atom stereocenters. The van der Waals surface area contributed by atoms with Gasteiger partial charge in [0, 0.05) is 30.2 Å². The molecule has 6 heteroatoms. The Labute approximate surface area is 163 Å². The van der Waals surface area contributed by atoms with Crippen molar-refractivity contribution in [2.24, 2.45) is 0 Å². The molecule has 142 valence electrons. The van der Waals surface area contributed by atoms with Crippen LogP contribution in [0.1, 0.15) is 16.1 Å². The van der Waals surface area contributed by atoms with Crippen LogP contribution in [0.25, 0.3) is 0 Å². The zero-order valence-electron chi connectivity index (χ0n) is 15.8. The molecular formula is C22H21N3O3. The Balaban J connectivity index is 1.58. The van der Waals surface area contributed by atoms with Crippen LogP contribution in [-0.2, 0) is 6.42 Å². The first-order valence-corrected chi connectivity index (χ1v) is 9.04. The third kappa shape index (κ3) is 3.36. The topological polar surface area (TPSA) is 63.7 Å². The van der Waals surface area contributed by atoms with E-state index in [-0.39, 0.29) is 5.91 Å². The number of anilines is 3. The van der Waals surface area contributed by atoms with Gasteiger partial charge in [0.25, 0.3) is 5.91 Å². The van der Waals surface area contributed by atoms with Crippen LogP contribution in [0.2, 0.25) is 0 Å². The molecule has 6 nitrogen and oxygen atoms in total. The third-order valence-corrected chi connectivity index (χ3v) is 4.80. The van der Waals surface area contributed by atoms with Crippen molar-refractivity contribution in [2.45, 2.75) is 6.42 Å². The lowest BCUT2D eigenvalue weighted by molar-refractivity contribution is 0.0984. The second-order valence-electron chi connectivity index (χ2n) is 6.46. The Hall–Kier alpha value is -3.54. The Kier molecular flexibility index (Phi) is 4.85. The number of carbonyl (C=O) groups excluding carboxylic acids is 1. The molecule has 0 atom stereocenters. The molecule has 3 aromatic rings. The Morgan fingerprint density at radius 2 is 1.93 bits per heavy atom. The second kappa shape index (κ2) is 7.60. The minimum atomic E-state index is -0.102. The Morgan fingerprint density at radius 1 is 1.07 bits per heavy atom. The molecule has 1 aliphatic heterocycles. The number of ether oxygens (including phenoxy) is 2. The zero-order chi connectivity index (χ0) is 19.5. The lowest BCUT2D eigenvalue weighted by Gasteiger charge is -2.17. The van der Waals surface area contributed by atoms with Crippen molar-refractivity contribution in [3.8, 4) is 11.5 Å². The molecule has 28 heavy (non-hydrogen) atoms. The number of fused-ring (bicyclic) bond motifs is 1. The summed E-state index contributed by atoms with van der Waals surface area (Å²) in [5.41, 5.74) is 4.08. The maximum atomic E-state index is 13.0. The van der Waals surface area contributed by atoms with Crippen LogP contribution in [0.4, 0.5) is 17.1 Å². The summed E-state index contributed by atoms with van der Waals surface area (Å²) < 4.78 is 10.7. The number of methoxy groups -OCH3 is 2. The van der Waals surface area contributed by atoms with Gasteiger partial charge in [-0.05, 0) is 42.3 Å². The summed E-state index contributed by atoms with van der Waals surface area (Å²) in [4.78, 5) is 19.1. The van der Waals surface area contributed by atoms with Gasteiger partial charge in [-0.2, -0.15) is 0 Å². The van der Waals surface area contributed by atoms with Crippen LogP contribution in [0.3, 0.4) is 0 Å². The predicted molar refractivity (Wildman–Crippen MR) is 109 cm³/mol. The van der Waals surface area contributed by atoms with Crippen molar-refractivity contribution in [3.63, 3.8) is 0 Å². The highest BCUT2D eigenvalue weighted by molar-refractivity contribution is 6.06. The molecule has 0 fully saturated rings. The van der Waals surface area contributed by atoms with E-state index >= 15 is 0 Å². The van der Waals surface area contributed by atoms with E-state index in [2.05, 4.69) is 16.4 Å². The van der Waals surface area contributed by atoms with Gasteiger partial charge in [-0.15, -0.1) is 0 Å². The van der Waals surface area contributed by atoms with Gasteiger partial charge in [0.05, 0.1) is 19.9 Å². The van der Waals surface area contributed by atoms with Crippen LogP contribution >= 0.6 is 0 Å². The van der Waals surface area contributed by atoms with Crippen molar-refractivity contribution in [2.75, 3.05) is 31.0 Å². The largest absolute Gasteiger partial charge is 0.497 e. The van der Waals surface area contributed by atoms with Gasteiger partial charge >= 0.3 is 0 Å². The standard InChI is InChI=1S/C22H21N3O3/c1-27-17-7-8-18(21(14-17)28-2)24-16-9-11-23-19(13-16)22(26)25-12-10-15-5-3-4-6-20(15)25/h3-9,11,13-14H,10,12H2,1-2H3,(H,23,24). The minimum absolute atomic E-state index is 0.102. The average molecular weight is 375 g/mol. The molecule has 0 saturated carbocycles. The first-order chi connectivity index (χ1) is 13.7. The molecule has 1 N–H and O–H groups in total. The van der Waals surface area contributed by atoms with Crippen molar-refractivity contribution in [1.82, 2.24) is 4.98 Å². The lowest BCUT2D eigenvalue weighted by Crippen LogP contribution is -2.29. The number of nitrogens with one attached hydrogen (secondary N) is 1. The number of aromatic nitrogens is 1. The number of pyridine rings is 1. The molecule has 4 rings (SSSR count). The van der Waals surface area contributed by atoms with Crippen LogP contribution in [-0.4, -0.2) is 31.7 Å². The Bertz CT molecular complexity index is 1020. The summed E-state index contributed by atoms with van der Waals surface area (Å²) in [5, 5.41) is 3.29. The molecule has 0 bridgehead atoms. The normalized spacial score (nSPS) is 12.4. The van der Waals surface area contributed by atoms with Crippen molar-refractivity contribution < 1.29 is 14.3 Å². The number of para-hydroxylation sites is 1. The first-order valence-electron chi connectivity index (χ1n) is 9.04. The first kappa shape index (κ1) is 17.9. The predicted octanol–water partition coefficient (Wildman–Crippen LogP) is 4.05. The molecule has 0 saturated heterocycles. The van der Waals surface area contributed by atoms with E-state index in [0.717, 1.165) is 23.5 Å². The van der Waals surface area contributed by atoms with E-state index < -0.39 is 0 Å². The highest BCUT2D eigenvalue weighted by atomic mass is 16.5. The van der Waals surface area contributed by atoms with E-state index in [9.17, 15) is 4.79 Å². The van der Waals surface area contributed by atoms with Gasteiger partial charge in [0.2, 0.25) is 0 Å². The highest BCUT2D eigenvalue weighted by Gasteiger charge is 2.26. The number of nitrogens with zero attached hydrogens (tertiary/aromatic N) is 2. The van der Waals surface area contributed by atoms with Crippen molar-refractivity contribution in [1.29, 1.82) is 0 Å². The summed E-state index contributed by atoms with van der Waals surface area (Å²) in [6.07, 6.45) is 2.50. The number of carbonyl (C=O) groups is 1. The summed E-state index contributed by atoms with van der Waals surface area (Å²) in [5.74, 6) is 1.26. The summed E-state index contributed by atoms with van der Waals surface area (Å²) >= 11 is 0. The van der Waals surface area contributed by atoms with Gasteiger partial charge < -0.3 is 19.7 Å². The van der Waals surface area contributed by atoms with E-state index in [1.54, 1.807) is 37.4 Å². The molecule has 1 aromatic heterocycles. The van der Waals surface area contributed by atoms with Gasteiger partial charge in [-0.1, -0.05) is 18.2 Å². The van der Waals surface area contributed by atoms with Crippen molar-refractivity contribution >= 4 is 23.0 Å². The van der Waals surface area contributed by atoms with Gasteiger partial charge in [-0.3, -0.25) is 9.78 Å². The second-order valence-corrected chi connectivity index (χ2v) is 6.46. The van der Waals surface area contributed by atoms with E-state index in [0.29, 0.717) is 23.7 Å².